The van der Waals surface area contributed by atoms with Gasteiger partial charge in [0.2, 0.25) is 0 Å². The van der Waals surface area contributed by atoms with Crippen LogP contribution in [0, 0.1) is 13.8 Å². The van der Waals surface area contributed by atoms with Crippen LogP contribution in [-0.4, -0.2) is 17.0 Å². The highest BCUT2D eigenvalue weighted by Gasteiger charge is 2.06. The summed E-state index contributed by atoms with van der Waals surface area (Å²) in [4.78, 5) is 10.3. The Morgan fingerprint density at radius 3 is 2.53 bits per heavy atom. The standard InChI is InChI=1S/C14H17N3/c1-11-5-4-6-14(12(11)2)17(3)9-13-7-15-10-16-8-13/h4-8,10H,9H2,1-3H3. The summed E-state index contributed by atoms with van der Waals surface area (Å²) in [7, 11) is 2.09. The zero-order valence-electron chi connectivity index (χ0n) is 10.5. The fraction of sp³-hybridized carbons (Fsp3) is 0.286. The van der Waals surface area contributed by atoms with Crippen LogP contribution in [-0.2, 0) is 6.54 Å². The molecular formula is C14H17N3. The Bertz CT molecular complexity index is 494. The van der Waals surface area contributed by atoms with E-state index in [1.807, 2.05) is 12.4 Å². The molecular weight excluding hydrogens is 210 g/mol. The Balaban J connectivity index is 2.20. The van der Waals surface area contributed by atoms with Crippen molar-refractivity contribution < 1.29 is 0 Å². The molecule has 0 N–H and O–H groups in total. The van der Waals surface area contributed by atoms with Gasteiger partial charge in [-0.05, 0) is 31.0 Å². The van der Waals surface area contributed by atoms with Crippen LogP contribution in [0.25, 0.3) is 0 Å². The Hall–Kier alpha value is -1.90. The fourth-order valence-corrected chi connectivity index (χ4v) is 1.92. The maximum atomic E-state index is 4.03. The summed E-state index contributed by atoms with van der Waals surface area (Å²) >= 11 is 0. The number of aromatic nitrogens is 2. The highest BCUT2D eigenvalue weighted by Crippen LogP contribution is 2.22. The number of hydrogen-bond donors (Lipinski definition) is 0. The first-order chi connectivity index (χ1) is 8.18. The van der Waals surface area contributed by atoms with E-state index < -0.39 is 0 Å². The molecule has 0 bridgehead atoms. The summed E-state index contributed by atoms with van der Waals surface area (Å²) in [6, 6.07) is 6.38. The molecule has 0 atom stereocenters. The predicted molar refractivity (Wildman–Crippen MR) is 70.1 cm³/mol. The van der Waals surface area contributed by atoms with Crippen LogP contribution in [0.15, 0.2) is 36.9 Å². The first kappa shape index (κ1) is 11.6. The molecule has 17 heavy (non-hydrogen) atoms. The summed E-state index contributed by atoms with van der Waals surface area (Å²) in [5.41, 5.74) is 5.02. The molecule has 0 aliphatic carbocycles. The predicted octanol–water partition coefficient (Wildman–Crippen LogP) is 2.73. The third-order valence-corrected chi connectivity index (χ3v) is 3.02. The van der Waals surface area contributed by atoms with Crippen molar-refractivity contribution in [2.45, 2.75) is 20.4 Å². The van der Waals surface area contributed by atoms with Crippen molar-refractivity contribution in [2.24, 2.45) is 0 Å². The first-order valence-corrected chi connectivity index (χ1v) is 5.69. The van der Waals surface area contributed by atoms with Gasteiger partial charge >= 0.3 is 0 Å². The minimum Gasteiger partial charge on any atom is -0.370 e. The van der Waals surface area contributed by atoms with E-state index in [1.54, 1.807) is 6.33 Å². The zero-order valence-corrected chi connectivity index (χ0v) is 10.5. The van der Waals surface area contributed by atoms with E-state index >= 15 is 0 Å². The number of aryl methyl sites for hydroxylation is 1. The molecule has 88 valence electrons. The largest absolute Gasteiger partial charge is 0.370 e. The molecule has 0 radical (unpaired) electrons. The van der Waals surface area contributed by atoms with Gasteiger partial charge in [-0.3, -0.25) is 0 Å². The van der Waals surface area contributed by atoms with Gasteiger partial charge in [0.25, 0.3) is 0 Å². The topological polar surface area (TPSA) is 29.0 Å². The summed E-state index contributed by atoms with van der Waals surface area (Å²) in [5, 5.41) is 0. The number of hydrogen-bond acceptors (Lipinski definition) is 3. The Morgan fingerprint density at radius 1 is 1.12 bits per heavy atom. The second-order valence-electron chi connectivity index (χ2n) is 4.32. The van der Waals surface area contributed by atoms with E-state index in [4.69, 9.17) is 0 Å². The number of benzene rings is 1. The molecule has 0 spiro atoms. The van der Waals surface area contributed by atoms with Crippen molar-refractivity contribution in [3.63, 3.8) is 0 Å². The number of nitrogens with zero attached hydrogens (tertiary/aromatic N) is 3. The molecule has 1 heterocycles. The maximum absolute atomic E-state index is 4.03. The molecule has 1 aromatic carbocycles. The minimum atomic E-state index is 0.825. The monoisotopic (exact) mass is 227 g/mol. The third kappa shape index (κ3) is 2.61. The average molecular weight is 227 g/mol. The molecule has 0 saturated carbocycles. The van der Waals surface area contributed by atoms with E-state index in [9.17, 15) is 0 Å². The van der Waals surface area contributed by atoms with Crippen molar-refractivity contribution >= 4 is 5.69 Å². The SMILES string of the molecule is Cc1cccc(N(C)Cc2cncnc2)c1C. The third-order valence-electron chi connectivity index (χ3n) is 3.02. The molecule has 2 aromatic rings. The molecule has 0 fully saturated rings. The lowest BCUT2D eigenvalue weighted by molar-refractivity contribution is 0.896. The van der Waals surface area contributed by atoms with Gasteiger partial charge in [0.1, 0.15) is 6.33 Å². The normalized spacial score (nSPS) is 10.3. The van der Waals surface area contributed by atoms with E-state index in [2.05, 4.69) is 54.0 Å². The quantitative estimate of drug-likeness (QED) is 0.807. The van der Waals surface area contributed by atoms with Crippen LogP contribution in [0.2, 0.25) is 0 Å². The smallest absolute Gasteiger partial charge is 0.115 e. The molecule has 1 aromatic heterocycles. The average Bonchev–Trinajstić information content (AvgIpc) is 2.34. The molecule has 3 nitrogen and oxygen atoms in total. The zero-order chi connectivity index (χ0) is 12.3. The van der Waals surface area contributed by atoms with E-state index in [0.717, 1.165) is 12.1 Å². The minimum absolute atomic E-state index is 0.825. The second-order valence-corrected chi connectivity index (χ2v) is 4.32. The molecule has 0 saturated heterocycles. The summed E-state index contributed by atoms with van der Waals surface area (Å²) in [5.74, 6) is 0. The van der Waals surface area contributed by atoms with Gasteiger partial charge in [0, 0.05) is 37.2 Å². The van der Waals surface area contributed by atoms with E-state index in [1.165, 1.54) is 16.8 Å². The lowest BCUT2D eigenvalue weighted by atomic mass is 10.1. The van der Waals surface area contributed by atoms with Crippen molar-refractivity contribution in [3.05, 3.63) is 53.6 Å². The van der Waals surface area contributed by atoms with Crippen molar-refractivity contribution in [1.82, 2.24) is 9.97 Å². The molecule has 0 aliphatic heterocycles. The van der Waals surface area contributed by atoms with Crippen LogP contribution >= 0.6 is 0 Å². The first-order valence-electron chi connectivity index (χ1n) is 5.69. The maximum Gasteiger partial charge on any atom is 0.115 e. The van der Waals surface area contributed by atoms with Crippen LogP contribution in [0.3, 0.4) is 0 Å². The Kier molecular flexibility index (Phi) is 3.38. The molecule has 0 amide bonds. The Morgan fingerprint density at radius 2 is 1.82 bits per heavy atom. The van der Waals surface area contributed by atoms with Crippen LogP contribution in [0.4, 0.5) is 5.69 Å². The van der Waals surface area contributed by atoms with Gasteiger partial charge in [-0.1, -0.05) is 12.1 Å². The van der Waals surface area contributed by atoms with Crippen molar-refractivity contribution in [2.75, 3.05) is 11.9 Å². The summed E-state index contributed by atoms with van der Waals surface area (Å²) in [6.45, 7) is 5.12. The van der Waals surface area contributed by atoms with Gasteiger partial charge in [0.15, 0.2) is 0 Å². The van der Waals surface area contributed by atoms with Gasteiger partial charge in [-0.2, -0.15) is 0 Å². The second kappa shape index (κ2) is 4.95. The molecule has 3 heteroatoms. The van der Waals surface area contributed by atoms with Crippen LogP contribution in [0.1, 0.15) is 16.7 Å². The number of anilines is 1. The lowest BCUT2D eigenvalue weighted by Crippen LogP contribution is -2.17. The fourth-order valence-electron chi connectivity index (χ4n) is 1.92. The lowest BCUT2D eigenvalue weighted by Gasteiger charge is -2.22. The molecule has 0 unspecified atom stereocenters. The van der Waals surface area contributed by atoms with E-state index in [-0.39, 0.29) is 0 Å². The molecule has 2 rings (SSSR count). The van der Waals surface area contributed by atoms with Gasteiger partial charge in [-0.15, -0.1) is 0 Å². The van der Waals surface area contributed by atoms with Crippen LogP contribution in [0.5, 0.6) is 0 Å². The Labute approximate surface area is 102 Å². The van der Waals surface area contributed by atoms with Crippen molar-refractivity contribution in [1.29, 1.82) is 0 Å². The van der Waals surface area contributed by atoms with Gasteiger partial charge in [0.05, 0.1) is 0 Å². The molecule has 0 aliphatic rings. The highest BCUT2D eigenvalue weighted by molar-refractivity contribution is 5.55. The van der Waals surface area contributed by atoms with Crippen LogP contribution < -0.4 is 4.90 Å². The van der Waals surface area contributed by atoms with Gasteiger partial charge in [-0.25, -0.2) is 9.97 Å². The van der Waals surface area contributed by atoms with Crippen molar-refractivity contribution in [3.8, 4) is 0 Å². The highest BCUT2D eigenvalue weighted by atomic mass is 15.1. The van der Waals surface area contributed by atoms with Gasteiger partial charge < -0.3 is 4.90 Å². The summed E-state index contributed by atoms with van der Waals surface area (Å²) in [6.07, 6.45) is 5.27. The van der Waals surface area contributed by atoms with E-state index in [0.29, 0.717) is 0 Å². The summed E-state index contributed by atoms with van der Waals surface area (Å²) < 4.78 is 0. The number of rotatable bonds is 3.